The number of rotatable bonds is 10. The maximum absolute atomic E-state index is 13.8. The van der Waals surface area contributed by atoms with Crippen molar-refractivity contribution < 1.29 is 17.9 Å². The maximum atomic E-state index is 13.8. The van der Waals surface area contributed by atoms with Crippen molar-refractivity contribution in [2.24, 2.45) is 0 Å². The Balaban J connectivity index is 1.69. The Hall–Kier alpha value is -3.62. The quantitative estimate of drug-likeness (QED) is 0.236. The van der Waals surface area contributed by atoms with Crippen LogP contribution in [0.15, 0.2) is 112 Å². The molecule has 0 aliphatic carbocycles. The highest BCUT2D eigenvalue weighted by atomic mass is 79.9. The molecule has 0 aliphatic heterocycles. The van der Waals surface area contributed by atoms with Gasteiger partial charge in [0.2, 0.25) is 5.91 Å². The second-order valence-corrected chi connectivity index (χ2v) is 11.4. The van der Waals surface area contributed by atoms with Gasteiger partial charge in [-0.2, -0.15) is 0 Å². The zero-order valence-electron chi connectivity index (χ0n) is 21.2. The molecule has 0 aromatic heterocycles. The number of nitrogens with zero attached hydrogens (tertiary/aromatic N) is 1. The van der Waals surface area contributed by atoms with E-state index < -0.39 is 28.5 Å². The van der Waals surface area contributed by atoms with E-state index in [9.17, 15) is 13.2 Å². The van der Waals surface area contributed by atoms with Crippen LogP contribution in [-0.2, 0) is 14.8 Å². The number of hydrogen-bond donors (Lipinski definition) is 1. The van der Waals surface area contributed by atoms with E-state index in [0.717, 1.165) is 25.5 Å². The summed E-state index contributed by atoms with van der Waals surface area (Å²) in [6.07, 6.45) is 0. The van der Waals surface area contributed by atoms with Gasteiger partial charge in [0.15, 0.2) is 0 Å². The molecule has 4 aromatic rings. The van der Waals surface area contributed by atoms with E-state index >= 15 is 0 Å². The molecule has 0 radical (unpaired) electrons. The number of anilines is 1. The summed E-state index contributed by atoms with van der Waals surface area (Å²) in [6.45, 7) is 3.95. The van der Waals surface area contributed by atoms with Gasteiger partial charge >= 0.3 is 0 Å². The lowest BCUT2D eigenvalue weighted by molar-refractivity contribution is -0.120. The molecule has 0 fully saturated rings. The summed E-state index contributed by atoms with van der Waals surface area (Å²) in [7, 11) is -4.05. The monoisotopic (exact) mass is 592 g/mol. The topological polar surface area (TPSA) is 75.7 Å². The minimum Gasteiger partial charge on any atom is -0.494 e. The van der Waals surface area contributed by atoms with E-state index in [1.54, 1.807) is 36.4 Å². The zero-order chi connectivity index (χ0) is 27.1. The van der Waals surface area contributed by atoms with Crippen molar-refractivity contribution in [1.29, 1.82) is 0 Å². The molecule has 0 saturated heterocycles. The van der Waals surface area contributed by atoms with Gasteiger partial charge in [-0.1, -0.05) is 70.5 Å². The summed E-state index contributed by atoms with van der Waals surface area (Å²) >= 11 is 3.35. The summed E-state index contributed by atoms with van der Waals surface area (Å²) in [5, 5.41) is 3.08. The predicted octanol–water partition coefficient (Wildman–Crippen LogP) is 6.26. The summed E-state index contributed by atoms with van der Waals surface area (Å²) in [4.78, 5) is 13.6. The number of carbonyl (C=O) groups excluding carboxylic acids is 1. The molecule has 0 heterocycles. The van der Waals surface area contributed by atoms with Gasteiger partial charge in [-0.05, 0) is 79.1 Å². The van der Waals surface area contributed by atoms with Gasteiger partial charge < -0.3 is 10.1 Å². The molecule has 0 spiro atoms. The van der Waals surface area contributed by atoms with Crippen LogP contribution in [-0.4, -0.2) is 27.5 Å². The van der Waals surface area contributed by atoms with Crippen LogP contribution in [0.2, 0.25) is 0 Å². The van der Waals surface area contributed by atoms with Crippen molar-refractivity contribution in [3.8, 4) is 5.75 Å². The standard InChI is InChI=1S/C30H29BrN2O4S/c1-3-37-26-17-15-25(16-18-26)33(38(35,36)27-19-13-24(31)14-20-27)21-29(34)32-30(23-10-5-4-6-11-23)28-12-8-7-9-22(28)2/h4-20,30H,3,21H2,1-2H3,(H,32,34)/t30-/m0/s1. The fourth-order valence-electron chi connectivity index (χ4n) is 4.16. The number of benzene rings is 4. The highest BCUT2D eigenvalue weighted by Gasteiger charge is 2.29. The van der Waals surface area contributed by atoms with Gasteiger partial charge in [-0.3, -0.25) is 9.10 Å². The van der Waals surface area contributed by atoms with Crippen LogP contribution >= 0.6 is 15.9 Å². The molecule has 1 atom stereocenters. The van der Waals surface area contributed by atoms with Gasteiger partial charge in [0.25, 0.3) is 10.0 Å². The highest BCUT2D eigenvalue weighted by molar-refractivity contribution is 9.10. The molecule has 0 aliphatic rings. The molecule has 4 aromatic carbocycles. The number of halogens is 1. The lowest BCUT2D eigenvalue weighted by Crippen LogP contribution is -2.42. The van der Waals surface area contributed by atoms with Crippen molar-refractivity contribution in [3.63, 3.8) is 0 Å². The first-order valence-corrected chi connectivity index (χ1v) is 14.4. The van der Waals surface area contributed by atoms with Crippen LogP contribution in [0.1, 0.15) is 29.7 Å². The molecular weight excluding hydrogens is 564 g/mol. The number of nitrogens with one attached hydrogen (secondary N) is 1. The summed E-state index contributed by atoms with van der Waals surface area (Å²) in [5.74, 6) is 0.182. The van der Waals surface area contributed by atoms with E-state index in [-0.39, 0.29) is 4.90 Å². The fourth-order valence-corrected chi connectivity index (χ4v) is 5.84. The second-order valence-electron chi connectivity index (χ2n) is 8.66. The minimum atomic E-state index is -4.05. The van der Waals surface area contributed by atoms with Crippen molar-refractivity contribution in [1.82, 2.24) is 5.32 Å². The molecular formula is C30H29BrN2O4S. The van der Waals surface area contributed by atoms with E-state index in [1.165, 1.54) is 12.1 Å². The number of carbonyl (C=O) groups is 1. The van der Waals surface area contributed by atoms with E-state index in [2.05, 4.69) is 21.2 Å². The average molecular weight is 594 g/mol. The van der Waals surface area contributed by atoms with Crippen molar-refractivity contribution in [2.75, 3.05) is 17.5 Å². The van der Waals surface area contributed by atoms with Gasteiger partial charge in [0, 0.05) is 4.47 Å². The highest BCUT2D eigenvalue weighted by Crippen LogP contribution is 2.28. The second kappa shape index (κ2) is 12.3. The first-order valence-electron chi connectivity index (χ1n) is 12.2. The van der Waals surface area contributed by atoms with Crippen LogP contribution in [0.25, 0.3) is 0 Å². The minimum absolute atomic E-state index is 0.0842. The van der Waals surface area contributed by atoms with Gasteiger partial charge in [0.05, 0.1) is 23.2 Å². The zero-order valence-corrected chi connectivity index (χ0v) is 23.6. The van der Waals surface area contributed by atoms with Crippen molar-refractivity contribution in [2.45, 2.75) is 24.8 Å². The molecule has 0 unspecified atom stereocenters. The van der Waals surface area contributed by atoms with Crippen LogP contribution in [0, 0.1) is 6.92 Å². The average Bonchev–Trinajstić information content (AvgIpc) is 2.92. The summed E-state index contributed by atoms with van der Waals surface area (Å²) in [5.41, 5.74) is 3.22. The number of sulfonamides is 1. The Morgan fingerprint density at radius 1 is 0.895 bits per heavy atom. The van der Waals surface area contributed by atoms with E-state index in [4.69, 9.17) is 4.74 Å². The SMILES string of the molecule is CCOc1ccc(N(CC(=O)N[C@@H](c2ccccc2)c2ccccc2C)S(=O)(=O)c2ccc(Br)cc2)cc1. The molecule has 4 rings (SSSR count). The van der Waals surface area contributed by atoms with Gasteiger partial charge in [0.1, 0.15) is 12.3 Å². The number of aryl methyl sites for hydroxylation is 1. The number of amides is 1. The largest absolute Gasteiger partial charge is 0.494 e. The molecule has 8 heteroatoms. The lowest BCUT2D eigenvalue weighted by atomic mass is 9.95. The summed E-state index contributed by atoms with van der Waals surface area (Å²) in [6, 6.07) is 30.0. The number of hydrogen-bond acceptors (Lipinski definition) is 4. The fraction of sp³-hybridized carbons (Fsp3) is 0.167. The smallest absolute Gasteiger partial charge is 0.264 e. The van der Waals surface area contributed by atoms with Crippen LogP contribution in [0.4, 0.5) is 5.69 Å². The normalized spacial score (nSPS) is 12.0. The third-order valence-electron chi connectivity index (χ3n) is 6.06. The van der Waals surface area contributed by atoms with Gasteiger partial charge in [-0.25, -0.2) is 8.42 Å². The van der Waals surface area contributed by atoms with Crippen LogP contribution < -0.4 is 14.4 Å². The Kier molecular flexibility index (Phi) is 8.86. The molecule has 196 valence electrons. The third kappa shape index (κ3) is 6.44. The predicted molar refractivity (Wildman–Crippen MR) is 154 cm³/mol. The Morgan fingerprint density at radius 2 is 1.53 bits per heavy atom. The molecule has 0 bridgehead atoms. The Morgan fingerprint density at radius 3 is 2.16 bits per heavy atom. The first kappa shape index (κ1) is 27.4. The van der Waals surface area contributed by atoms with E-state index in [0.29, 0.717) is 18.0 Å². The van der Waals surface area contributed by atoms with Crippen molar-refractivity contribution in [3.05, 3.63) is 124 Å². The molecule has 0 saturated carbocycles. The summed E-state index contributed by atoms with van der Waals surface area (Å²) < 4.78 is 34.9. The van der Waals surface area contributed by atoms with E-state index in [1.807, 2.05) is 68.4 Å². The van der Waals surface area contributed by atoms with Crippen LogP contribution in [0.5, 0.6) is 5.75 Å². The maximum Gasteiger partial charge on any atom is 0.264 e. The van der Waals surface area contributed by atoms with Crippen molar-refractivity contribution >= 4 is 37.5 Å². The molecule has 1 N–H and O–H groups in total. The van der Waals surface area contributed by atoms with Gasteiger partial charge in [-0.15, -0.1) is 0 Å². The lowest BCUT2D eigenvalue weighted by Gasteiger charge is -2.27. The molecule has 6 nitrogen and oxygen atoms in total. The molecule has 1 amide bonds. The van der Waals surface area contributed by atoms with Crippen LogP contribution in [0.3, 0.4) is 0 Å². The third-order valence-corrected chi connectivity index (χ3v) is 8.38. The number of ether oxygens (including phenoxy) is 1. The first-order chi connectivity index (χ1) is 18.3. The Labute approximate surface area is 232 Å². The molecule has 38 heavy (non-hydrogen) atoms. The Bertz CT molecular complexity index is 1480.